The number of rotatable bonds is 39. The van der Waals surface area contributed by atoms with Gasteiger partial charge in [-0.3, -0.25) is 14.4 Å². The molecule has 8 nitrogen and oxygen atoms in total. The smallest absolute Gasteiger partial charge is 0.311 e. The SMILES string of the molecule is CCCCCCCCCCCC(=O)Oc1ccc(C=CC(O)c2ccc(OCc3ccccc3)cc2OC(=O)CCCCCCCCCCC)c(OC(=O)CCCCCCCCCCC)c1. The number of hydrogen-bond donors (Lipinski definition) is 1. The molecule has 3 aromatic carbocycles. The van der Waals surface area contributed by atoms with Gasteiger partial charge in [0.25, 0.3) is 0 Å². The van der Waals surface area contributed by atoms with E-state index in [1.165, 1.54) is 116 Å². The lowest BCUT2D eigenvalue weighted by Crippen LogP contribution is -2.11. The molecule has 0 aliphatic heterocycles. The van der Waals surface area contributed by atoms with Crippen LogP contribution in [0.25, 0.3) is 6.08 Å². The van der Waals surface area contributed by atoms with E-state index in [1.54, 1.807) is 48.6 Å². The first-order chi connectivity index (χ1) is 32.3. The van der Waals surface area contributed by atoms with E-state index >= 15 is 0 Å². The fourth-order valence-corrected chi connectivity index (χ4v) is 8.05. The van der Waals surface area contributed by atoms with Crippen LogP contribution in [0, 0.1) is 0 Å². The molecule has 0 saturated heterocycles. The van der Waals surface area contributed by atoms with Crippen molar-refractivity contribution in [2.24, 2.45) is 0 Å². The highest BCUT2D eigenvalue weighted by molar-refractivity contribution is 5.76. The summed E-state index contributed by atoms with van der Waals surface area (Å²) in [5, 5.41) is 11.6. The van der Waals surface area contributed by atoms with Gasteiger partial charge in [-0.2, -0.15) is 0 Å². The van der Waals surface area contributed by atoms with Crippen molar-refractivity contribution in [3.63, 3.8) is 0 Å². The molecule has 0 bridgehead atoms. The van der Waals surface area contributed by atoms with Gasteiger partial charge in [-0.15, -0.1) is 0 Å². The highest BCUT2D eigenvalue weighted by atomic mass is 16.5. The Morgan fingerprint density at radius 3 is 1.36 bits per heavy atom. The van der Waals surface area contributed by atoms with E-state index in [-0.39, 0.29) is 42.2 Å². The Morgan fingerprint density at radius 1 is 0.470 bits per heavy atom. The maximum absolute atomic E-state index is 13.2. The van der Waals surface area contributed by atoms with Crippen molar-refractivity contribution in [3.05, 3.63) is 89.5 Å². The molecule has 0 radical (unpaired) electrons. The van der Waals surface area contributed by atoms with Gasteiger partial charge >= 0.3 is 17.9 Å². The minimum atomic E-state index is -1.18. The molecule has 0 aromatic heterocycles. The fourth-order valence-electron chi connectivity index (χ4n) is 8.05. The molecule has 0 amide bonds. The summed E-state index contributed by atoms with van der Waals surface area (Å²) in [7, 11) is 0. The van der Waals surface area contributed by atoms with Gasteiger partial charge in [0.05, 0.1) is 0 Å². The molecule has 0 spiro atoms. The van der Waals surface area contributed by atoms with Crippen molar-refractivity contribution in [1.82, 2.24) is 0 Å². The summed E-state index contributed by atoms with van der Waals surface area (Å²) < 4.78 is 23.7. The second-order valence-corrected chi connectivity index (χ2v) is 18.1. The number of ether oxygens (including phenoxy) is 4. The number of esters is 3. The fraction of sp³-hybridized carbons (Fsp3) is 0.603. The van der Waals surface area contributed by atoms with E-state index in [4.69, 9.17) is 18.9 Å². The minimum Gasteiger partial charge on any atom is -0.489 e. The first kappa shape index (κ1) is 55.9. The van der Waals surface area contributed by atoms with Crippen LogP contribution in [0.2, 0.25) is 0 Å². The van der Waals surface area contributed by atoms with Crippen LogP contribution in [0.4, 0.5) is 0 Å². The van der Waals surface area contributed by atoms with Crippen LogP contribution in [0.5, 0.6) is 23.0 Å². The Hall–Kier alpha value is -4.43. The molecule has 8 heteroatoms. The maximum atomic E-state index is 13.2. The Balaban J connectivity index is 1.70. The largest absolute Gasteiger partial charge is 0.489 e. The molecular weight excluding hydrogens is 825 g/mol. The van der Waals surface area contributed by atoms with Crippen LogP contribution in [0.1, 0.15) is 236 Å². The lowest BCUT2D eigenvalue weighted by atomic mass is 10.1. The summed E-state index contributed by atoms with van der Waals surface area (Å²) in [5.74, 6) is 0.226. The van der Waals surface area contributed by atoms with Gasteiger partial charge in [0.15, 0.2) is 0 Å². The third kappa shape index (κ3) is 26.0. The van der Waals surface area contributed by atoms with Crippen molar-refractivity contribution in [2.45, 2.75) is 226 Å². The number of benzene rings is 3. The Labute approximate surface area is 399 Å². The average molecular weight is 911 g/mol. The molecular formula is C58H86O8. The van der Waals surface area contributed by atoms with Gasteiger partial charge in [-0.1, -0.05) is 217 Å². The van der Waals surface area contributed by atoms with Crippen molar-refractivity contribution in [2.75, 3.05) is 0 Å². The zero-order valence-corrected chi connectivity index (χ0v) is 41.3. The van der Waals surface area contributed by atoms with Crippen LogP contribution in [-0.2, 0) is 21.0 Å². The summed E-state index contributed by atoms with van der Waals surface area (Å²) in [6, 6.07) is 19.9. The number of carbonyl (C=O) groups is 3. The Bertz CT molecular complexity index is 1770. The van der Waals surface area contributed by atoms with Crippen LogP contribution in [0.3, 0.4) is 0 Å². The van der Waals surface area contributed by atoms with Gasteiger partial charge in [-0.05, 0) is 49.1 Å². The molecule has 0 aliphatic rings. The summed E-state index contributed by atoms with van der Waals surface area (Å²) >= 11 is 0. The number of aliphatic hydroxyl groups excluding tert-OH is 1. The van der Waals surface area contributed by atoms with E-state index in [0.29, 0.717) is 35.7 Å². The number of hydrogen-bond acceptors (Lipinski definition) is 8. The van der Waals surface area contributed by atoms with Gasteiger partial charge in [-0.25, -0.2) is 0 Å². The highest BCUT2D eigenvalue weighted by Crippen LogP contribution is 2.34. The molecule has 1 N–H and O–H groups in total. The topological polar surface area (TPSA) is 108 Å². The summed E-state index contributed by atoms with van der Waals surface area (Å²) in [5.41, 5.74) is 1.92. The lowest BCUT2D eigenvalue weighted by molar-refractivity contribution is -0.135. The monoisotopic (exact) mass is 911 g/mol. The summed E-state index contributed by atoms with van der Waals surface area (Å²) in [4.78, 5) is 39.3. The van der Waals surface area contributed by atoms with Crippen molar-refractivity contribution in [3.8, 4) is 23.0 Å². The van der Waals surface area contributed by atoms with Crippen LogP contribution in [0.15, 0.2) is 72.8 Å². The predicted octanol–water partition coefficient (Wildman–Crippen LogP) is 16.5. The zero-order chi connectivity index (χ0) is 47.3. The molecule has 3 aromatic rings. The molecule has 1 unspecified atom stereocenters. The third-order valence-electron chi connectivity index (χ3n) is 12.1. The molecule has 1 atom stereocenters. The van der Waals surface area contributed by atoms with Crippen molar-refractivity contribution < 1.29 is 38.4 Å². The van der Waals surface area contributed by atoms with Gasteiger partial charge in [0.2, 0.25) is 0 Å². The summed E-state index contributed by atoms with van der Waals surface area (Å²) in [6.45, 7) is 7.01. The normalized spacial score (nSPS) is 11.8. The number of aliphatic hydroxyl groups is 1. The Kier molecular flexibility index (Phi) is 31.0. The van der Waals surface area contributed by atoms with Crippen molar-refractivity contribution in [1.29, 1.82) is 0 Å². The average Bonchev–Trinajstić information content (AvgIpc) is 3.31. The molecule has 0 fully saturated rings. The molecule has 66 heavy (non-hydrogen) atoms. The predicted molar refractivity (Wildman–Crippen MR) is 270 cm³/mol. The molecule has 0 aliphatic carbocycles. The van der Waals surface area contributed by atoms with Crippen LogP contribution < -0.4 is 18.9 Å². The van der Waals surface area contributed by atoms with Gasteiger partial charge < -0.3 is 24.1 Å². The van der Waals surface area contributed by atoms with E-state index in [2.05, 4.69) is 20.8 Å². The maximum Gasteiger partial charge on any atom is 0.311 e. The van der Waals surface area contributed by atoms with E-state index in [1.807, 2.05) is 30.3 Å². The molecule has 3 rings (SSSR count). The lowest BCUT2D eigenvalue weighted by Gasteiger charge is -2.16. The first-order valence-corrected chi connectivity index (χ1v) is 26.3. The standard InChI is InChI=1S/C58H86O8/c1-4-7-10-13-16-19-22-25-31-36-56(60)64-51-41-39-49(54(46-51)65-57(61)37-32-26-23-20-17-14-11-8-5-2)40-44-53(59)52-43-42-50(63-47-48-34-29-28-30-35-48)45-55(52)66-58(62)38-33-27-24-21-18-15-12-9-6-3/h28-30,34-35,39-46,53,59H,4-27,31-33,36-38,47H2,1-3H3. The van der Waals surface area contributed by atoms with Gasteiger partial charge in [0.1, 0.15) is 35.7 Å². The molecule has 0 heterocycles. The van der Waals surface area contributed by atoms with E-state index < -0.39 is 6.10 Å². The highest BCUT2D eigenvalue weighted by Gasteiger charge is 2.18. The third-order valence-corrected chi connectivity index (χ3v) is 12.1. The van der Waals surface area contributed by atoms with Crippen LogP contribution in [-0.4, -0.2) is 23.0 Å². The zero-order valence-electron chi connectivity index (χ0n) is 41.3. The first-order valence-electron chi connectivity index (χ1n) is 26.3. The van der Waals surface area contributed by atoms with E-state index in [9.17, 15) is 19.5 Å². The summed E-state index contributed by atoms with van der Waals surface area (Å²) in [6.07, 6.45) is 33.9. The van der Waals surface area contributed by atoms with E-state index in [0.717, 1.165) is 63.4 Å². The quantitative estimate of drug-likeness (QED) is 0.0342. The van der Waals surface area contributed by atoms with Gasteiger partial charge in [0, 0.05) is 42.5 Å². The second kappa shape index (κ2) is 36.7. The second-order valence-electron chi connectivity index (χ2n) is 18.1. The number of unbranched alkanes of at least 4 members (excludes halogenated alkanes) is 24. The number of carbonyl (C=O) groups excluding carboxylic acids is 3. The van der Waals surface area contributed by atoms with Crippen LogP contribution >= 0.6 is 0 Å². The molecule has 366 valence electrons. The van der Waals surface area contributed by atoms with Crippen molar-refractivity contribution >= 4 is 24.0 Å². The Morgan fingerprint density at radius 2 is 0.879 bits per heavy atom. The molecule has 0 saturated carbocycles. The minimum absolute atomic E-state index is 0.223.